The number of fused-ring (bicyclic) bond motifs is 1. The van der Waals surface area contributed by atoms with Crippen molar-refractivity contribution in [1.29, 1.82) is 0 Å². The van der Waals surface area contributed by atoms with Crippen molar-refractivity contribution in [3.05, 3.63) is 77.0 Å². The van der Waals surface area contributed by atoms with Crippen LogP contribution in [0.3, 0.4) is 0 Å². The zero-order valence-corrected chi connectivity index (χ0v) is 17.6. The molecule has 2 unspecified atom stereocenters. The van der Waals surface area contributed by atoms with Gasteiger partial charge in [-0.15, -0.1) is 0 Å². The summed E-state index contributed by atoms with van der Waals surface area (Å²) in [7, 11) is 3.62. The van der Waals surface area contributed by atoms with Crippen LogP contribution in [0.15, 0.2) is 65.9 Å². The molecule has 4 N–H and O–H groups in total. The Morgan fingerprint density at radius 1 is 1.23 bits per heavy atom. The number of ether oxygens (including phenoxy) is 1. The molecule has 1 heterocycles. The lowest BCUT2D eigenvalue weighted by Crippen LogP contribution is -2.32. The average molecular weight is 405 g/mol. The quantitative estimate of drug-likeness (QED) is 0.698. The van der Waals surface area contributed by atoms with E-state index in [1.807, 2.05) is 60.6 Å². The van der Waals surface area contributed by atoms with E-state index in [4.69, 9.17) is 10.5 Å². The molecule has 0 saturated heterocycles. The molecule has 0 radical (unpaired) electrons. The highest BCUT2D eigenvalue weighted by atomic mass is 16.5. The van der Waals surface area contributed by atoms with Crippen LogP contribution in [0.5, 0.6) is 5.75 Å². The van der Waals surface area contributed by atoms with Gasteiger partial charge >= 0.3 is 0 Å². The number of anilines is 2. The zero-order valence-electron chi connectivity index (χ0n) is 17.6. The minimum absolute atomic E-state index is 0.0390. The van der Waals surface area contributed by atoms with Crippen LogP contribution < -0.4 is 26.2 Å². The van der Waals surface area contributed by atoms with Gasteiger partial charge in [-0.05, 0) is 67.0 Å². The number of carbonyl (C=O) groups is 1. The van der Waals surface area contributed by atoms with E-state index in [0.29, 0.717) is 11.5 Å². The van der Waals surface area contributed by atoms with Crippen molar-refractivity contribution in [3.63, 3.8) is 0 Å². The van der Waals surface area contributed by atoms with Crippen LogP contribution in [-0.2, 0) is 0 Å². The summed E-state index contributed by atoms with van der Waals surface area (Å²) >= 11 is 0. The van der Waals surface area contributed by atoms with Crippen LogP contribution in [0.1, 0.15) is 41.7 Å². The van der Waals surface area contributed by atoms with Crippen molar-refractivity contribution in [2.24, 2.45) is 11.7 Å². The Bertz CT molecular complexity index is 1010. The lowest BCUT2D eigenvalue weighted by molar-refractivity contribution is 0.102. The molecule has 1 aliphatic carbocycles. The fourth-order valence-corrected chi connectivity index (χ4v) is 4.13. The van der Waals surface area contributed by atoms with Gasteiger partial charge in [0.25, 0.3) is 5.91 Å². The number of hydrogen-bond acceptors (Lipinski definition) is 5. The minimum atomic E-state index is -0.135. The van der Waals surface area contributed by atoms with Gasteiger partial charge in [0.15, 0.2) is 0 Å². The second-order valence-corrected chi connectivity index (χ2v) is 7.79. The molecule has 30 heavy (non-hydrogen) atoms. The number of amides is 1. The van der Waals surface area contributed by atoms with Crippen molar-refractivity contribution < 1.29 is 9.53 Å². The number of nitrogens with two attached hydrogens (primary N) is 1. The van der Waals surface area contributed by atoms with Crippen LogP contribution in [0.4, 0.5) is 11.4 Å². The van der Waals surface area contributed by atoms with Gasteiger partial charge in [-0.1, -0.05) is 13.0 Å². The molecule has 0 aromatic heterocycles. The fraction of sp³-hybridized carbons (Fsp3) is 0.292. The molecule has 0 bridgehead atoms. The van der Waals surface area contributed by atoms with Crippen molar-refractivity contribution in [2.75, 3.05) is 24.5 Å². The topological polar surface area (TPSA) is 79.6 Å². The molecule has 6 nitrogen and oxygen atoms in total. The average Bonchev–Trinajstić information content (AvgIpc) is 3.10. The number of nitrogens with one attached hydrogen (secondary N) is 2. The Labute approximate surface area is 177 Å². The predicted molar refractivity (Wildman–Crippen MR) is 120 cm³/mol. The minimum Gasteiger partial charge on any atom is -0.497 e. The van der Waals surface area contributed by atoms with E-state index in [0.717, 1.165) is 41.2 Å². The van der Waals surface area contributed by atoms with Gasteiger partial charge in [0.05, 0.1) is 18.8 Å². The molecule has 4 rings (SSSR count). The molecule has 1 amide bonds. The molecule has 2 aromatic carbocycles. The first-order chi connectivity index (χ1) is 14.5. The van der Waals surface area contributed by atoms with Gasteiger partial charge < -0.3 is 20.8 Å². The van der Waals surface area contributed by atoms with Gasteiger partial charge in [0.2, 0.25) is 0 Å². The number of benzene rings is 2. The van der Waals surface area contributed by atoms with E-state index in [9.17, 15) is 4.79 Å². The molecular weight excluding hydrogens is 376 g/mol. The lowest BCUT2D eigenvalue weighted by Gasteiger charge is -2.26. The van der Waals surface area contributed by atoms with Crippen LogP contribution in [0.25, 0.3) is 0 Å². The van der Waals surface area contributed by atoms with Gasteiger partial charge in [0.1, 0.15) is 5.75 Å². The number of allylic oxidation sites excluding steroid dienone is 3. The van der Waals surface area contributed by atoms with Crippen molar-refractivity contribution >= 4 is 17.3 Å². The molecule has 2 aliphatic rings. The van der Waals surface area contributed by atoms with E-state index in [1.54, 1.807) is 7.11 Å². The van der Waals surface area contributed by atoms with Crippen LogP contribution >= 0.6 is 0 Å². The molecular formula is C24H28N4O2. The Hall–Kier alpha value is -3.25. The van der Waals surface area contributed by atoms with Gasteiger partial charge in [0, 0.05) is 35.5 Å². The smallest absolute Gasteiger partial charge is 0.255 e. The Balaban J connectivity index is 1.58. The fourth-order valence-electron chi connectivity index (χ4n) is 4.13. The Morgan fingerprint density at radius 3 is 2.70 bits per heavy atom. The predicted octanol–water partition coefficient (Wildman–Crippen LogP) is 4.14. The monoisotopic (exact) mass is 404 g/mol. The summed E-state index contributed by atoms with van der Waals surface area (Å²) in [6, 6.07) is 13.2. The summed E-state index contributed by atoms with van der Waals surface area (Å²) in [4.78, 5) is 12.9. The number of methoxy groups -OCH3 is 1. The van der Waals surface area contributed by atoms with Crippen LogP contribution in [0, 0.1) is 5.92 Å². The molecule has 0 spiro atoms. The highest BCUT2D eigenvalue weighted by molar-refractivity contribution is 6.04. The molecule has 2 atom stereocenters. The molecule has 156 valence electrons. The first-order valence-electron chi connectivity index (χ1n) is 10.3. The molecule has 0 saturated carbocycles. The van der Waals surface area contributed by atoms with Crippen LogP contribution in [-0.4, -0.2) is 20.1 Å². The summed E-state index contributed by atoms with van der Waals surface area (Å²) in [6.07, 6.45) is 6.07. The molecule has 1 aliphatic heterocycles. The third-order valence-electron chi connectivity index (χ3n) is 5.94. The van der Waals surface area contributed by atoms with E-state index in [1.165, 1.54) is 5.57 Å². The summed E-state index contributed by atoms with van der Waals surface area (Å²) < 4.78 is 5.17. The van der Waals surface area contributed by atoms with E-state index in [-0.39, 0.29) is 11.9 Å². The van der Waals surface area contributed by atoms with Gasteiger partial charge in [-0.25, -0.2) is 5.43 Å². The second kappa shape index (κ2) is 8.24. The summed E-state index contributed by atoms with van der Waals surface area (Å²) in [5, 5.41) is 4.98. The maximum atomic E-state index is 12.9. The zero-order chi connectivity index (χ0) is 21.3. The summed E-state index contributed by atoms with van der Waals surface area (Å²) in [5.41, 5.74) is 15.5. The number of carbonyl (C=O) groups excluding carboxylic acids is 1. The Kier molecular flexibility index (Phi) is 5.50. The Morgan fingerprint density at radius 2 is 2.00 bits per heavy atom. The van der Waals surface area contributed by atoms with E-state index in [2.05, 4.69) is 23.7 Å². The molecule has 2 aromatic rings. The third-order valence-corrected chi connectivity index (χ3v) is 5.94. The number of rotatable bonds is 5. The van der Waals surface area contributed by atoms with Crippen molar-refractivity contribution in [1.82, 2.24) is 5.43 Å². The summed E-state index contributed by atoms with van der Waals surface area (Å²) in [5.74, 6) is 0.982. The van der Waals surface area contributed by atoms with Gasteiger partial charge in [-0.3, -0.25) is 4.79 Å². The number of hydrazine groups is 1. The number of nitrogens with zero attached hydrogens (tertiary/aromatic N) is 1. The second-order valence-electron chi connectivity index (χ2n) is 7.79. The number of hydrogen-bond donors (Lipinski definition) is 3. The van der Waals surface area contributed by atoms with E-state index >= 15 is 0 Å². The van der Waals surface area contributed by atoms with Crippen molar-refractivity contribution in [2.45, 2.75) is 25.8 Å². The van der Waals surface area contributed by atoms with Gasteiger partial charge in [-0.2, -0.15) is 0 Å². The summed E-state index contributed by atoms with van der Waals surface area (Å²) in [6.45, 7) is 2.16. The molecule has 0 fully saturated rings. The standard InChI is InChI=1S/C24H28N4O2/c1-4-15-13-16(5-11-21(15)25)23-20-14-17(6-12-22(20)28(2)27-23)24(29)26-18-7-9-19(30-3)10-8-18/h5-12,14-15,23,27H,4,13,25H2,1-3H3,(H,26,29). The van der Waals surface area contributed by atoms with Crippen molar-refractivity contribution in [3.8, 4) is 5.75 Å². The van der Waals surface area contributed by atoms with Crippen LogP contribution in [0.2, 0.25) is 0 Å². The highest BCUT2D eigenvalue weighted by Crippen LogP contribution is 2.41. The van der Waals surface area contributed by atoms with E-state index < -0.39 is 0 Å². The first kappa shape index (κ1) is 20.0. The molecule has 6 heteroatoms. The maximum absolute atomic E-state index is 12.9. The first-order valence-corrected chi connectivity index (χ1v) is 10.3. The lowest BCUT2D eigenvalue weighted by atomic mass is 9.84. The largest absolute Gasteiger partial charge is 0.497 e. The third kappa shape index (κ3) is 3.78. The normalized spacial score (nSPS) is 20.3. The maximum Gasteiger partial charge on any atom is 0.255 e. The SMILES string of the molecule is CCC1CC(C2NN(C)c3ccc(C(=O)Nc4ccc(OC)cc4)cc32)=CC=C1N. The highest BCUT2D eigenvalue weighted by Gasteiger charge is 2.31.